The number of carbonyl (C=O) groups is 2. The molecule has 0 bridgehead atoms. The zero-order chi connectivity index (χ0) is 21.1. The highest BCUT2D eigenvalue weighted by molar-refractivity contribution is 5.97. The van der Waals surface area contributed by atoms with Crippen LogP contribution in [0.25, 0.3) is 16.7 Å². The summed E-state index contributed by atoms with van der Waals surface area (Å²) in [4.78, 5) is 29.1. The molecular weight excluding hydrogens is 378 g/mol. The number of hydrogen-bond donors (Lipinski definition) is 1. The fraction of sp³-hybridized carbons (Fsp3) is 0.125. The Morgan fingerprint density at radius 2 is 1.70 bits per heavy atom. The molecule has 6 nitrogen and oxygen atoms in total. The molecule has 4 rings (SSSR count). The molecule has 0 saturated carbocycles. The number of nitrogens with zero attached hydrogens (tertiary/aromatic N) is 2. The number of aromatic nitrogens is 2. The first-order chi connectivity index (χ1) is 14.5. The highest BCUT2D eigenvalue weighted by atomic mass is 16.5. The molecule has 0 radical (unpaired) electrons. The second-order valence-corrected chi connectivity index (χ2v) is 6.97. The van der Waals surface area contributed by atoms with Crippen molar-refractivity contribution in [2.75, 3.05) is 11.9 Å². The van der Waals surface area contributed by atoms with E-state index in [1.807, 2.05) is 73.0 Å². The Kier molecular flexibility index (Phi) is 5.30. The van der Waals surface area contributed by atoms with Gasteiger partial charge in [-0.15, -0.1) is 0 Å². The number of ether oxygens (including phenoxy) is 1. The van der Waals surface area contributed by atoms with Gasteiger partial charge in [0.1, 0.15) is 5.82 Å². The number of para-hydroxylation sites is 2. The zero-order valence-corrected chi connectivity index (χ0v) is 16.8. The molecule has 0 unspecified atom stereocenters. The Labute approximate surface area is 174 Å². The van der Waals surface area contributed by atoms with E-state index in [0.29, 0.717) is 16.8 Å². The number of anilines is 1. The minimum Gasteiger partial charge on any atom is -0.452 e. The van der Waals surface area contributed by atoms with E-state index in [4.69, 9.17) is 4.74 Å². The van der Waals surface area contributed by atoms with Gasteiger partial charge in [-0.05, 0) is 55.8 Å². The van der Waals surface area contributed by atoms with Crippen molar-refractivity contribution in [2.24, 2.45) is 0 Å². The lowest BCUT2D eigenvalue weighted by Gasteiger charge is -2.09. The maximum Gasteiger partial charge on any atom is 0.338 e. The fourth-order valence-electron chi connectivity index (χ4n) is 3.34. The number of fused-ring (bicyclic) bond motifs is 1. The molecular formula is C24H21N3O3. The number of esters is 1. The number of carbonyl (C=O) groups excluding carboxylic acids is 2. The SMILES string of the molecule is Cc1ccccc1NC(=O)COC(=O)c1ccc2c(c1)nc(C)n2-c1ccccc1. The predicted octanol–water partition coefficient (Wildman–Crippen LogP) is 4.44. The second-order valence-electron chi connectivity index (χ2n) is 6.97. The number of nitrogens with one attached hydrogen (secondary N) is 1. The second kappa shape index (κ2) is 8.21. The van der Waals surface area contributed by atoms with Gasteiger partial charge in [-0.1, -0.05) is 36.4 Å². The van der Waals surface area contributed by atoms with Gasteiger partial charge >= 0.3 is 5.97 Å². The summed E-state index contributed by atoms with van der Waals surface area (Å²) in [6.45, 7) is 3.46. The standard InChI is InChI=1S/C24H21N3O3/c1-16-8-6-7-11-20(16)26-23(28)15-30-24(29)18-12-13-22-21(14-18)25-17(2)27(22)19-9-4-3-5-10-19/h3-14H,15H2,1-2H3,(H,26,28). The van der Waals surface area contributed by atoms with Crippen molar-refractivity contribution in [1.82, 2.24) is 9.55 Å². The van der Waals surface area contributed by atoms with Crippen molar-refractivity contribution in [3.8, 4) is 5.69 Å². The van der Waals surface area contributed by atoms with Gasteiger partial charge in [0.25, 0.3) is 5.91 Å². The largest absolute Gasteiger partial charge is 0.452 e. The van der Waals surface area contributed by atoms with E-state index in [1.54, 1.807) is 18.2 Å². The molecule has 150 valence electrons. The molecule has 6 heteroatoms. The summed E-state index contributed by atoms with van der Waals surface area (Å²) in [6.07, 6.45) is 0. The van der Waals surface area contributed by atoms with Crippen LogP contribution in [0, 0.1) is 13.8 Å². The van der Waals surface area contributed by atoms with Gasteiger partial charge in [0, 0.05) is 11.4 Å². The monoisotopic (exact) mass is 399 g/mol. The Hall–Kier alpha value is -3.93. The van der Waals surface area contributed by atoms with Crippen LogP contribution in [0.15, 0.2) is 72.8 Å². The highest BCUT2D eigenvalue weighted by Crippen LogP contribution is 2.22. The van der Waals surface area contributed by atoms with Crippen LogP contribution in [0.4, 0.5) is 5.69 Å². The van der Waals surface area contributed by atoms with Crippen LogP contribution in [0.2, 0.25) is 0 Å². The summed E-state index contributed by atoms with van der Waals surface area (Å²) in [5, 5.41) is 2.74. The van der Waals surface area contributed by atoms with Crippen LogP contribution >= 0.6 is 0 Å². The molecule has 4 aromatic rings. The average molecular weight is 399 g/mol. The van der Waals surface area contributed by atoms with Gasteiger partial charge in [0.2, 0.25) is 0 Å². The lowest BCUT2D eigenvalue weighted by molar-refractivity contribution is -0.119. The molecule has 0 saturated heterocycles. The molecule has 1 amide bonds. The summed E-state index contributed by atoms with van der Waals surface area (Å²) >= 11 is 0. The van der Waals surface area contributed by atoms with Gasteiger partial charge in [-0.3, -0.25) is 9.36 Å². The molecule has 0 aliphatic carbocycles. The molecule has 0 atom stereocenters. The number of aryl methyl sites for hydroxylation is 2. The Balaban J connectivity index is 1.48. The molecule has 1 heterocycles. The van der Waals surface area contributed by atoms with Crippen molar-refractivity contribution in [3.63, 3.8) is 0 Å². The summed E-state index contributed by atoms with van der Waals surface area (Å²) < 4.78 is 7.21. The van der Waals surface area contributed by atoms with Crippen LogP contribution in [0.3, 0.4) is 0 Å². The van der Waals surface area contributed by atoms with Crippen LogP contribution in [-0.4, -0.2) is 28.0 Å². The van der Waals surface area contributed by atoms with E-state index in [-0.39, 0.29) is 12.5 Å². The molecule has 0 aliphatic rings. The topological polar surface area (TPSA) is 73.2 Å². The molecule has 1 N–H and O–H groups in total. The van der Waals surface area contributed by atoms with Crippen molar-refractivity contribution >= 4 is 28.6 Å². The minimum absolute atomic E-state index is 0.351. The highest BCUT2D eigenvalue weighted by Gasteiger charge is 2.15. The van der Waals surface area contributed by atoms with Gasteiger partial charge < -0.3 is 10.1 Å². The zero-order valence-electron chi connectivity index (χ0n) is 16.8. The maximum absolute atomic E-state index is 12.4. The van der Waals surface area contributed by atoms with E-state index in [9.17, 15) is 9.59 Å². The predicted molar refractivity (Wildman–Crippen MR) is 116 cm³/mol. The van der Waals surface area contributed by atoms with Crippen LogP contribution in [0.5, 0.6) is 0 Å². The van der Waals surface area contributed by atoms with Crippen LogP contribution < -0.4 is 5.32 Å². The summed E-state index contributed by atoms with van der Waals surface area (Å²) in [5.41, 5.74) is 4.57. The minimum atomic E-state index is -0.566. The summed E-state index contributed by atoms with van der Waals surface area (Å²) in [6, 6.07) is 22.5. The van der Waals surface area contributed by atoms with Gasteiger partial charge in [-0.25, -0.2) is 9.78 Å². The third kappa shape index (κ3) is 3.93. The van der Waals surface area contributed by atoms with Crippen molar-refractivity contribution in [1.29, 1.82) is 0 Å². The summed E-state index contributed by atoms with van der Waals surface area (Å²) in [7, 11) is 0. The maximum atomic E-state index is 12.4. The number of hydrogen-bond acceptors (Lipinski definition) is 4. The van der Waals surface area contributed by atoms with Crippen LogP contribution in [-0.2, 0) is 9.53 Å². The van der Waals surface area contributed by atoms with E-state index in [0.717, 1.165) is 22.6 Å². The van der Waals surface area contributed by atoms with Gasteiger partial charge in [-0.2, -0.15) is 0 Å². The van der Waals surface area contributed by atoms with Crippen molar-refractivity contribution < 1.29 is 14.3 Å². The molecule has 0 spiro atoms. The molecule has 1 aromatic heterocycles. The van der Waals surface area contributed by atoms with Gasteiger partial charge in [0.05, 0.1) is 16.6 Å². The quantitative estimate of drug-likeness (QED) is 0.504. The fourth-order valence-corrected chi connectivity index (χ4v) is 3.34. The number of rotatable bonds is 5. The molecule has 0 aliphatic heterocycles. The number of benzene rings is 3. The number of amides is 1. The Morgan fingerprint density at radius 1 is 0.967 bits per heavy atom. The smallest absolute Gasteiger partial charge is 0.338 e. The van der Waals surface area contributed by atoms with Crippen LogP contribution in [0.1, 0.15) is 21.7 Å². The van der Waals surface area contributed by atoms with Gasteiger partial charge in [0.15, 0.2) is 6.61 Å². The Bertz CT molecular complexity index is 1230. The lowest BCUT2D eigenvalue weighted by Crippen LogP contribution is -2.21. The van der Waals surface area contributed by atoms with Crippen molar-refractivity contribution in [2.45, 2.75) is 13.8 Å². The van der Waals surface area contributed by atoms with Crippen molar-refractivity contribution in [3.05, 3.63) is 89.7 Å². The normalized spacial score (nSPS) is 10.7. The first kappa shape index (κ1) is 19.4. The molecule has 0 fully saturated rings. The summed E-state index contributed by atoms with van der Waals surface area (Å²) in [5.74, 6) is -0.133. The van der Waals surface area contributed by atoms with E-state index < -0.39 is 5.97 Å². The molecule has 3 aromatic carbocycles. The average Bonchev–Trinajstić information content (AvgIpc) is 3.09. The molecule has 30 heavy (non-hydrogen) atoms. The van der Waals surface area contributed by atoms with E-state index in [1.165, 1.54) is 0 Å². The number of imidazole rings is 1. The first-order valence-corrected chi connectivity index (χ1v) is 9.60. The van der Waals surface area contributed by atoms with E-state index >= 15 is 0 Å². The lowest BCUT2D eigenvalue weighted by atomic mass is 10.2. The third-order valence-corrected chi connectivity index (χ3v) is 4.83. The first-order valence-electron chi connectivity index (χ1n) is 9.60. The van der Waals surface area contributed by atoms with E-state index in [2.05, 4.69) is 10.3 Å². The Morgan fingerprint density at radius 3 is 2.47 bits per heavy atom. The third-order valence-electron chi connectivity index (χ3n) is 4.83.